The minimum Gasteiger partial charge on any atom is -0.0704 e. The van der Waals surface area contributed by atoms with Gasteiger partial charge < -0.3 is 0 Å². The lowest BCUT2D eigenvalue weighted by Gasteiger charge is -2.26. The molecular weight excluding hydrogens is 180 g/mol. The minimum absolute atomic E-state index is 1.28. The largest absolute Gasteiger partial charge is 0.0704 e. The zero-order valence-electron chi connectivity index (χ0n) is 9.26. The lowest BCUT2D eigenvalue weighted by molar-refractivity contribution is 0.608. The molecule has 0 bridgehead atoms. The van der Waals surface area contributed by atoms with Crippen LogP contribution in [-0.4, -0.2) is 0 Å². The number of allylic oxidation sites excluding steroid dienone is 8. The van der Waals surface area contributed by atoms with Gasteiger partial charge in [0.25, 0.3) is 0 Å². The molecule has 0 heterocycles. The van der Waals surface area contributed by atoms with Gasteiger partial charge in [0.05, 0.1) is 0 Å². The molecule has 0 aromatic carbocycles. The highest BCUT2D eigenvalue weighted by molar-refractivity contribution is 5.46. The third-order valence-electron chi connectivity index (χ3n) is 3.84. The molecule has 0 nitrogen and oxygen atoms in total. The number of hydrogen-bond acceptors (Lipinski definition) is 0. The molecule has 0 aliphatic heterocycles. The van der Waals surface area contributed by atoms with Crippen molar-refractivity contribution in [2.45, 2.75) is 44.9 Å². The van der Waals surface area contributed by atoms with Gasteiger partial charge in [0, 0.05) is 0 Å². The second-order valence-electron chi connectivity index (χ2n) is 4.92. The number of hydrogen-bond donors (Lipinski definition) is 0. The lowest BCUT2D eigenvalue weighted by Crippen LogP contribution is -2.07. The summed E-state index contributed by atoms with van der Waals surface area (Å²) >= 11 is 0. The van der Waals surface area contributed by atoms with Crippen LogP contribution in [-0.2, 0) is 0 Å². The van der Waals surface area contributed by atoms with Gasteiger partial charge in [-0.2, -0.15) is 0 Å². The van der Waals surface area contributed by atoms with E-state index in [0.717, 1.165) is 0 Å². The van der Waals surface area contributed by atoms with Gasteiger partial charge in [0.2, 0.25) is 0 Å². The van der Waals surface area contributed by atoms with E-state index in [2.05, 4.69) is 24.3 Å². The molecule has 0 atom stereocenters. The molecule has 0 aromatic heterocycles. The van der Waals surface area contributed by atoms with Gasteiger partial charge in [0.1, 0.15) is 0 Å². The molecular formula is C15H18. The smallest absolute Gasteiger partial charge is 0.0102 e. The average molecular weight is 198 g/mol. The third-order valence-corrected chi connectivity index (χ3v) is 3.84. The molecule has 0 spiro atoms. The van der Waals surface area contributed by atoms with E-state index < -0.39 is 0 Å². The zero-order chi connectivity index (χ0) is 10.1. The van der Waals surface area contributed by atoms with Crippen LogP contribution in [0.1, 0.15) is 44.9 Å². The molecule has 0 saturated heterocycles. The van der Waals surface area contributed by atoms with Crippen LogP contribution in [0.3, 0.4) is 0 Å². The summed E-state index contributed by atoms with van der Waals surface area (Å²) in [5, 5.41) is 0. The molecule has 0 heteroatoms. The van der Waals surface area contributed by atoms with Crippen LogP contribution in [0.15, 0.2) is 46.6 Å². The van der Waals surface area contributed by atoms with Gasteiger partial charge in [-0.3, -0.25) is 0 Å². The molecule has 3 aliphatic rings. The van der Waals surface area contributed by atoms with Crippen LogP contribution in [0.25, 0.3) is 0 Å². The van der Waals surface area contributed by atoms with Crippen molar-refractivity contribution in [3.63, 3.8) is 0 Å². The molecule has 0 saturated carbocycles. The Bertz CT molecular complexity index is 388. The fourth-order valence-electron chi connectivity index (χ4n) is 2.88. The van der Waals surface area contributed by atoms with Gasteiger partial charge in [-0.25, -0.2) is 0 Å². The van der Waals surface area contributed by atoms with E-state index in [-0.39, 0.29) is 0 Å². The summed E-state index contributed by atoms with van der Waals surface area (Å²) in [6.45, 7) is 0. The third kappa shape index (κ3) is 1.86. The Labute approximate surface area is 92.1 Å². The van der Waals surface area contributed by atoms with Gasteiger partial charge >= 0.3 is 0 Å². The van der Waals surface area contributed by atoms with E-state index in [1.54, 1.807) is 16.7 Å². The maximum atomic E-state index is 2.40. The van der Waals surface area contributed by atoms with Crippen LogP contribution < -0.4 is 0 Å². The van der Waals surface area contributed by atoms with Crippen molar-refractivity contribution >= 4 is 0 Å². The predicted octanol–water partition coefficient (Wildman–Crippen LogP) is 4.46. The van der Waals surface area contributed by atoms with Gasteiger partial charge in [-0.1, -0.05) is 41.0 Å². The first-order valence-electron chi connectivity index (χ1n) is 6.19. The molecule has 3 rings (SSSR count). The lowest BCUT2D eigenvalue weighted by atomic mass is 9.79. The summed E-state index contributed by atoms with van der Waals surface area (Å²) in [4.78, 5) is 0. The Morgan fingerprint density at radius 3 is 2.47 bits per heavy atom. The molecule has 3 aliphatic carbocycles. The average Bonchev–Trinajstić information content (AvgIpc) is 2.23. The molecule has 0 unspecified atom stereocenters. The maximum Gasteiger partial charge on any atom is -0.0102 e. The second-order valence-corrected chi connectivity index (χ2v) is 4.92. The Morgan fingerprint density at radius 2 is 1.73 bits per heavy atom. The fraction of sp³-hybridized carbons (Fsp3) is 0.467. The van der Waals surface area contributed by atoms with Crippen molar-refractivity contribution in [2.24, 2.45) is 0 Å². The van der Waals surface area contributed by atoms with E-state index in [9.17, 15) is 0 Å². The van der Waals surface area contributed by atoms with E-state index >= 15 is 0 Å². The summed E-state index contributed by atoms with van der Waals surface area (Å²) in [7, 11) is 0. The van der Waals surface area contributed by atoms with Gasteiger partial charge in [-0.15, -0.1) is 0 Å². The Balaban J connectivity index is 1.76. The van der Waals surface area contributed by atoms with Crippen LogP contribution in [0, 0.1) is 0 Å². The molecule has 15 heavy (non-hydrogen) atoms. The van der Waals surface area contributed by atoms with Crippen molar-refractivity contribution in [1.29, 1.82) is 0 Å². The summed E-state index contributed by atoms with van der Waals surface area (Å²) in [5.74, 6) is 0. The highest BCUT2D eigenvalue weighted by atomic mass is 14.2. The molecule has 0 aromatic rings. The van der Waals surface area contributed by atoms with Crippen LogP contribution in [0.2, 0.25) is 0 Å². The predicted molar refractivity (Wildman–Crippen MR) is 64.7 cm³/mol. The summed E-state index contributed by atoms with van der Waals surface area (Å²) < 4.78 is 0. The Morgan fingerprint density at radius 1 is 0.933 bits per heavy atom. The normalized spacial score (nSPS) is 27.5. The van der Waals surface area contributed by atoms with Crippen LogP contribution in [0.5, 0.6) is 0 Å². The second kappa shape index (κ2) is 3.84. The zero-order valence-corrected chi connectivity index (χ0v) is 9.26. The van der Waals surface area contributed by atoms with E-state index in [1.165, 1.54) is 50.5 Å². The van der Waals surface area contributed by atoms with Crippen molar-refractivity contribution in [3.05, 3.63) is 46.6 Å². The molecule has 78 valence electrons. The van der Waals surface area contributed by atoms with Crippen LogP contribution >= 0.6 is 0 Å². The van der Waals surface area contributed by atoms with Crippen molar-refractivity contribution in [3.8, 4) is 0 Å². The standard InChI is InChI=1S/C15H18/c1-2-7-15-11-13(8-9-14(15)6-1)10-12-4-3-5-12/h3-5,10H,1-2,6-9,11H2/b13-10-. The van der Waals surface area contributed by atoms with Crippen molar-refractivity contribution < 1.29 is 0 Å². The van der Waals surface area contributed by atoms with Crippen molar-refractivity contribution in [2.75, 3.05) is 0 Å². The molecule has 0 N–H and O–H groups in total. The monoisotopic (exact) mass is 198 g/mol. The first kappa shape index (κ1) is 9.21. The number of rotatable bonds is 1. The quantitative estimate of drug-likeness (QED) is 0.545. The van der Waals surface area contributed by atoms with E-state index in [1.807, 2.05) is 0 Å². The first-order valence-corrected chi connectivity index (χ1v) is 6.19. The van der Waals surface area contributed by atoms with E-state index in [4.69, 9.17) is 0 Å². The SMILES string of the molecule is C1=CC(/C=C2/CCC3=C(CCCC3)C2)=C1. The first-order chi connectivity index (χ1) is 7.42. The van der Waals surface area contributed by atoms with Gasteiger partial charge in [0.15, 0.2) is 0 Å². The van der Waals surface area contributed by atoms with Gasteiger partial charge in [-0.05, 0) is 50.5 Å². The molecule has 0 fully saturated rings. The summed E-state index contributed by atoms with van der Waals surface area (Å²) in [6, 6.07) is 0. The Hall–Kier alpha value is -1.04. The highest BCUT2D eigenvalue weighted by Gasteiger charge is 2.18. The summed E-state index contributed by atoms with van der Waals surface area (Å²) in [5.41, 5.74) is 6.66. The van der Waals surface area contributed by atoms with E-state index in [0.29, 0.717) is 0 Å². The topological polar surface area (TPSA) is 0 Å². The molecule has 0 radical (unpaired) electrons. The Kier molecular flexibility index (Phi) is 2.36. The maximum absolute atomic E-state index is 2.40. The minimum atomic E-state index is 1.28. The fourth-order valence-corrected chi connectivity index (χ4v) is 2.88. The molecule has 0 amide bonds. The van der Waals surface area contributed by atoms with Crippen LogP contribution in [0.4, 0.5) is 0 Å². The highest BCUT2D eigenvalue weighted by Crippen LogP contribution is 2.38. The summed E-state index contributed by atoms with van der Waals surface area (Å²) in [6.07, 6.45) is 18.5. The van der Waals surface area contributed by atoms with Crippen molar-refractivity contribution in [1.82, 2.24) is 0 Å².